The van der Waals surface area contributed by atoms with Gasteiger partial charge in [0.2, 0.25) is 0 Å². The molecule has 22 heavy (non-hydrogen) atoms. The van der Waals surface area contributed by atoms with Crippen LogP contribution in [-0.4, -0.2) is 18.0 Å². The first-order valence-corrected chi connectivity index (χ1v) is 6.37. The molecule has 0 aliphatic rings. The van der Waals surface area contributed by atoms with Crippen molar-refractivity contribution >= 4 is 5.71 Å². The van der Waals surface area contributed by atoms with Gasteiger partial charge in [0.05, 0.1) is 7.11 Å². The number of hydrogen-bond donors (Lipinski definition) is 1. The molecule has 0 aliphatic carbocycles. The molecular weight excluding hydrogens is 287 g/mol. The molecule has 0 saturated heterocycles. The average molecular weight is 300 g/mol. The van der Waals surface area contributed by atoms with Gasteiger partial charge in [0, 0.05) is 5.56 Å². The minimum Gasteiger partial charge on any atom is -0.493 e. The van der Waals surface area contributed by atoms with Crippen molar-refractivity contribution in [2.75, 3.05) is 7.11 Å². The lowest BCUT2D eigenvalue weighted by molar-refractivity contribution is 0.269. The second-order valence-electron chi connectivity index (χ2n) is 4.28. The van der Waals surface area contributed by atoms with Gasteiger partial charge in [-0.1, -0.05) is 35.5 Å². The number of benzene rings is 2. The Labute approximate surface area is 126 Å². The molecule has 2 rings (SSSR count). The first kappa shape index (κ1) is 15.3. The summed E-state index contributed by atoms with van der Waals surface area (Å²) in [6, 6.07) is 12.9. The number of nitrogens with zero attached hydrogens (tertiary/aromatic N) is 2. The third kappa shape index (κ3) is 3.15. The molecule has 112 valence electrons. The number of halogens is 1. The van der Waals surface area contributed by atoms with Gasteiger partial charge in [-0.3, -0.25) is 0 Å². The van der Waals surface area contributed by atoms with Crippen LogP contribution < -0.4 is 9.47 Å². The number of nitriles is 1. The highest BCUT2D eigenvalue weighted by atomic mass is 19.1. The lowest BCUT2D eigenvalue weighted by atomic mass is 10.0. The number of rotatable bonds is 5. The van der Waals surface area contributed by atoms with Crippen LogP contribution in [0.25, 0.3) is 0 Å². The molecule has 2 aromatic rings. The van der Waals surface area contributed by atoms with E-state index in [0.29, 0.717) is 11.1 Å². The van der Waals surface area contributed by atoms with Gasteiger partial charge in [0.1, 0.15) is 12.7 Å². The van der Waals surface area contributed by atoms with Crippen molar-refractivity contribution in [3.63, 3.8) is 0 Å². The van der Waals surface area contributed by atoms with Gasteiger partial charge in [-0.25, -0.2) is 4.39 Å². The summed E-state index contributed by atoms with van der Waals surface area (Å²) in [6.45, 7) is -0.00579. The standard InChI is InChI=1S/C16H13FN2O3/c1-21-15-8-4-7-13(17)16(15)22-10-11-5-2-3-6-12(11)14(9-18)19-20/h2-8,20H,10H2,1H3. The smallest absolute Gasteiger partial charge is 0.197 e. The molecule has 0 atom stereocenters. The maximum Gasteiger partial charge on any atom is 0.197 e. The van der Waals surface area contributed by atoms with E-state index in [4.69, 9.17) is 19.9 Å². The molecule has 1 N–H and O–H groups in total. The van der Waals surface area contributed by atoms with Crippen LogP contribution in [0.4, 0.5) is 4.39 Å². The zero-order valence-electron chi connectivity index (χ0n) is 11.8. The first-order valence-electron chi connectivity index (χ1n) is 6.37. The van der Waals surface area contributed by atoms with Crippen LogP contribution in [0.3, 0.4) is 0 Å². The topological polar surface area (TPSA) is 74.8 Å². The average Bonchev–Trinajstić information content (AvgIpc) is 2.55. The van der Waals surface area contributed by atoms with Crippen molar-refractivity contribution in [2.24, 2.45) is 5.16 Å². The van der Waals surface area contributed by atoms with Gasteiger partial charge in [-0.15, -0.1) is 0 Å². The minimum absolute atomic E-state index is 0.00579. The molecule has 0 radical (unpaired) electrons. The Kier molecular flexibility index (Phi) is 4.94. The monoisotopic (exact) mass is 300 g/mol. The summed E-state index contributed by atoms with van der Waals surface area (Å²) < 4.78 is 24.3. The molecule has 6 heteroatoms. The molecule has 0 fully saturated rings. The second-order valence-corrected chi connectivity index (χ2v) is 4.28. The molecule has 5 nitrogen and oxygen atoms in total. The van der Waals surface area contributed by atoms with E-state index < -0.39 is 5.82 Å². The molecular formula is C16H13FN2O3. The van der Waals surface area contributed by atoms with Crippen molar-refractivity contribution < 1.29 is 19.1 Å². The van der Waals surface area contributed by atoms with E-state index in [1.54, 1.807) is 36.4 Å². The Morgan fingerprint density at radius 2 is 2.05 bits per heavy atom. The van der Waals surface area contributed by atoms with E-state index in [1.807, 2.05) is 0 Å². The maximum atomic E-state index is 13.8. The van der Waals surface area contributed by atoms with Crippen LogP contribution in [0, 0.1) is 17.1 Å². The normalized spacial score (nSPS) is 10.9. The summed E-state index contributed by atoms with van der Waals surface area (Å²) in [4.78, 5) is 0. The Morgan fingerprint density at radius 3 is 2.73 bits per heavy atom. The molecule has 0 aliphatic heterocycles. The SMILES string of the molecule is COc1cccc(F)c1OCc1ccccc1C(C#N)=NO. The van der Waals surface area contributed by atoms with Gasteiger partial charge < -0.3 is 14.7 Å². The van der Waals surface area contributed by atoms with Gasteiger partial charge in [0.25, 0.3) is 0 Å². The van der Waals surface area contributed by atoms with Crippen LogP contribution in [0.15, 0.2) is 47.6 Å². The van der Waals surface area contributed by atoms with Crippen LogP contribution in [0.2, 0.25) is 0 Å². The number of methoxy groups -OCH3 is 1. The summed E-state index contributed by atoms with van der Waals surface area (Å²) in [5, 5.41) is 20.8. The van der Waals surface area contributed by atoms with E-state index >= 15 is 0 Å². The highest BCUT2D eigenvalue weighted by Crippen LogP contribution is 2.30. The Hall–Kier alpha value is -3.07. The Balaban J connectivity index is 2.29. The van der Waals surface area contributed by atoms with Crippen LogP contribution in [0.5, 0.6) is 11.5 Å². The Bertz CT molecular complexity index is 738. The second kappa shape index (κ2) is 7.09. The first-order chi connectivity index (χ1) is 10.7. The summed E-state index contributed by atoms with van der Waals surface area (Å²) in [5.74, 6) is -0.291. The lowest BCUT2D eigenvalue weighted by Gasteiger charge is -2.13. The summed E-state index contributed by atoms with van der Waals surface area (Å²) in [6.07, 6.45) is 0. The molecule has 2 aromatic carbocycles. The molecule has 0 spiro atoms. The van der Waals surface area contributed by atoms with Crippen LogP contribution in [-0.2, 0) is 6.61 Å². The molecule has 0 heterocycles. The third-order valence-electron chi connectivity index (χ3n) is 3.00. The van der Waals surface area contributed by atoms with Crippen molar-refractivity contribution in [3.05, 3.63) is 59.4 Å². The van der Waals surface area contributed by atoms with E-state index in [1.165, 1.54) is 19.2 Å². The number of hydrogen-bond acceptors (Lipinski definition) is 5. The van der Waals surface area contributed by atoms with Gasteiger partial charge in [-0.05, 0) is 17.7 Å². The molecule has 0 amide bonds. The van der Waals surface area contributed by atoms with Crippen molar-refractivity contribution in [3.8, 4) is 17.6 Å². The predicted molar refractivity (Wildman–Crippen MR) is 77.7 cm³/mol. The van der Waals surface area contributed by atoms with Crippen LogP contribution >= 0.6 is 0 Å². The van der Waals surface area contributed by atoms with Crippen LogP contribution in [0.1, 0.15) is 11.1 Å². The van der Waals surface area contributed by atoms with Crippen molar-refractivity contribution in [1.29, 1.82) is 5.26 Å². The minimum atomic E-state index is -0.548. The third-order valence-corrected chi connectivity index (χ3v) is 3.00. The highest BCUT2D eigenvalue weighted by molar-refractivity contribution is 6.12. The van der Waals surface area contributed by atoms with E-state index in [-0.39, 0.29) is 23.8 Å². The fraction of sp³-hybridized carbons (Fsp3) is 0.125. The van der Waals surface area contributed by atoms with E-state index in [9.17, 15) is 4.39 Å². The van der Waals surface area contributed by atoms with Crippen molar-refractivity contribution in [1.82, 2.24) is 0 Å². The van der Waals surface area contributed by atoms with E-state index in [2.05, 4.69) is 5.16 Å². The molecule has 0 bridgehead atoms. The highest BCUT2D eigenvalue weighted by Gasteiger charge is 2.13. The summed E-state index contributed by atoms with van der Waals surface area (Å²) in [5.41, 5.74) is 0.865. The summed E-state index contributed by atoms with van der Waals surface area (Å²) >= 11 is 0. The maximum absolute atomic E-state index is 13.8. The van der Waals surface area contributed by atoms with Gasteiger partial charge >= 0.3 is 0 Å². The molecule has 0 unspecified atom stereocenters. The predicted octanol–water partition coefficient (Wildman–Crippen LogP) is 3.12. The lowest BCUT2D eigenvalue weighted by Crippen LogP contribution is -2.07. The zero-order valence-corrected chi connectivity index (χ0v) is 11.8. The van der Waals surface area contributed by atoms with Gasteiger partial charge in [-0.2, -0.15) is 5.26 Å². The molecule has 0 aromatic heterocycles. The number of ether oxygens (including phenoxy) is 2. The van der Waals surface area contributed by atoms with Crippen molar-refractivity contribution in [2.45, 2.75) is 6.61 Å². The van der Waals surface area contributed by atoms with Gasteiger partial charge in [0.15, 0.2) is 23.0 Å². The largest absolute Gasteiger partial charge is 0.493 e. The van der Waals surface area contributed by atoms with E-state index in [0.717, 1.165) is 0 Å². The zero-order chi connectivity index (χ0) is 15.9. The summed E-state index contributed by atoms with van der Waals surface area (Å²) in [7, 11) is 1.42. The fourth-order valence-corrected chi connectivity index (χ4v) is 1.95. The Morgan fingerprint density at radius 1 is 1.27 bits per heavy atom. The number of para-hydroxylation sites is 1. The molecule has 0 saturated carbocycles. The quantitative estimate of drug-likeness (QED) is 0.523. The number of oxime groups is 1. The fourth-order valence-electron chi connectivity index (χ4n) is 1.95.